The number of aryl methyl sites for hydroxylation is 1. The molecule has 0 spiro atoms. The van der Waals surface area contributed by atoms with Crippen LogP contribution in [0, 0.1) is 12.7 Å². The second-order valence-corrected chi connectivity index (χ2v) is 6.72. The zero-order valence-electron chi connectivity index (χ0n) is 13.7. The van der Waals surface area contributed by atoms with E-state index in [-0.39, 0.29) is 17.5 Å². The van der Waals surface area contributed by atoms with Gasteiger partial charge < -0.3 is 4.42 Å². The maximum absolute atomic E-state index is 13.5. The number of halogens is 1. The molecule has 0 fully saturated rings. The molecule has 0 aliphatic heterocycles. The lowest BCUT2D eigenvalue weighted by atomic mass is 10.1. The highest BCUT2D eigenvalue weighted by Gasteiger charge is 2.25. The SMILES string of the molecule is CCN(C(=O)c1oc2ccc(F)cc2c1C)c1nc2ccccc2s1. The number of para-hydroxylation sites is 1. The number of thiazole rings is 1. The van der Waals surface area contributed by atoms with Gasteiger partial charge in [0.15, 0.2) is 10.9 Å². The number of nitrogens with zero attached hydrogens (tertiary/aromatic N) is 2. The van der Waals surface area contributed by atoms with Gasteiger partial charge in [-0.2, -0.15) is 0 Å². The van der Waals surface area contributed by atoms with Crippen LogP contribution in [0.3, 0.4) is 0 Å². The molecular weight excluding hydrogens is 339 g/mol. The Morgan fingerprint density at radius 1 is 1.28 bits per heavy atom. The predicted molar refractivity (Wildman–Crippen MR) is 97.9 cm³/mol. The number of aromatic nitrogens is 1. The molecule has 0 unspecified atom stereocenters. The molecule has 2 heterocycles. The van der Waals surface area contributed by atoms with Crippen molar-refractivity contribution in [1.82, 2.24) is 4.98 Å². The molecule has 0 aliphatic carbocycles. The van der Waals surface area contributed by atoms with E-state index in [1.807, 2.05) is 31.2 Å². The smallest absolute Gasteiger partial charge is 0.296 e. The quantitative estimate of drug-likeness (QED) is 0.511. The normalized spacial score (nSPS) is 11.3. The van der Waals surface area contributed by atoms with Gasteiger partial charge in [-0.1, -0.05) is 23.5 Å². The molecule has 0 radical (unpaired) electrons. The molecule has 126 valence electrons. The van der Waals surface area contributed by atoms with Crippen molar-refractivity contribution >= 4 is 43.6 Å². The summed E-state index contributed by atoms with van der Waals surface area (Å²) < 4.78 is 20.2. The first-order valence-electron chi connectivity index (χ1n) is 7.94. The molecule has 1 amide bonds. The third kappa shape index (κ3) is 2.59. The first-order valence-corrected chi connectivity index (χ1v) is 8.76. The number of rotatable bonds is 3. The van der Waals surface area contributed by atoms with Crippen LogP contribution in [0.15, 0.2) is 46.9 Å². The molecule has 0 saturated carbocycles. The van der Waals surface area contributed by atoms with Crippen molar-refractivity contribution in [3.05, 3.63) is 59.6 Å². The highest BCUT2D eigenvalue weighted by Crippen LogP contribution is 2.32. The van der Waals surface area contributed by atoms with Crippen LogP contribution in [0.1, 0.15) is 23.0 Å². The average Bonchev–Trinajstić information content (AvgIpc) is 3.17. The van der Waals surface area contributed by atoms with Crippen LogP contribution in [0.2, 0.25) is 0 Å². The zero-order chi connectivity index (χ0) is 17.6. The fourth-order valence-corrected chi connectivity index (χ4v) is 3.89. The van der Waals surface area contributed by atoms with Gasteiger partial charge in [-0.3, -0.25) is 9.69 Å². The van der Waals surface area contributed by atoms with Crippen LogP contribution < -0.4 is 4.90 Å². The third-order valence-corrected chi connectivity index (χ3v) is 5.23. The van der Waals surface area contributed by atoms with E-state index in [0.717, 1.165) is 10.2 Å². The third-order valence-electron chi connectivity index (χ3n) is 4.17. The second kappa shape index (κ2) is 5.97. The van der Waals surface area contributed by atoms with Gasteiger partial charge in [-0.25, -0.2) is 9.37 Å². The van der Waals surface area contributed by atoms with Crippen molar-refractivity contribution in [3.8, 4) is 0 Å². The van der Waals surface area contributed by atoms with Crippen LogP contribution in [0.25, 0.3) is 21.2 Å². The minimum absolute atomic E-state index is 0.224. The fraction of sp³-hybridized carbons (Fsp3) is 0.158. The summed E-state index contributed by atoms with van der Waals surface area (Å²) in [5.41, 5.74) is 2.00. The van der Waals surface area contributed by atoms with E-state index in [4.69, 9.17) is 4.42 Å². The van der Waals surface area contributed by atoms with Gasteiger partial charge in [0.05, 0.1) is 10.2 Å². The van der Waals surface area contributed by atoms with E-state index >= 15 is 0 Å². The summed E-state index contributed by atoms with van der Waals surface area (Å²) in [7, 11) is 0. The Morgan fingerprint density at radius 2 is 2.08 bits per heavy atom. The Morgan fingerprint density at radius 3 is 2.84 bits per heavy atom. The molecule has 4 rings (SSSR count). The number of hydrogen-bond donors (Lipinski definition) is 0. The van der Waals surface area contributed by atoms with Gasteiger partial charge in [0.25, 0.3) is 5.91 Å². The van der Waals surface area contributed by atoms with Gasteiger partial charge in [0.2, 0.25) is 0 Å². The number of fused-ring (bicyclic) bond motifs is 2. The number of carbonyl (C=O) groups excluding carboxylic acids is 1. The van der Waals surface area contributed by atoms with Crippen molar-refractivity contribution in [2.45, 2.75) is 13.8 Å². The van der Waals surface area contributed by atoms with Crippen molar-refractivity contribution in [1.29, 1.82) is 0 Å². The summed E-state index contributed by atoms with van der Waals surface area (Å²) in [4.78, 5) is 19.2. The molecule has 0 aliphatic rings. The van der Waals surface area contributed by atoms with Crippen molar-refractivity contribution in [2.24, 2.45) is 0 Å². The van der Waals surface area contributed by atoms with E-state index in [1.54, 1.807) is 17.9 Å². The standard InChI is InChI=1S/C19H15FN2O2S/c1-3-22(19-21-14-6-4-5-7-16(14)25-19)18(23)17-11(2)13-10-12(20)8-9-15(13)24-17/h4-10H,3H2,1-2H3. The van der Waals surface area contributed by atoms with Gasteiger partial charge in [-0.15, -0.1) is 0 Å². The van der Waals surface area contributed by atoms with Crippen LogP contribution in [0.5, 0.6) is 0 Å². The Kier molecular flexibility index (Phi) is 3.77. The largest absolute Gasteiger partial charge is 0.451 e. The topological polar surface area (TPSA) is 46.3 Å². The zero-order valence-corrected chi connectivity index (χ0v) is 14.6. The molecule has 2 aromatic carbocycles. The average molecular weight is 354 g/mol. The van der Waals surface area contributed by atoms with Gasteiger partial charge in [0.1, 0.15) is 11.4 Å². The summed E-state index contributed by atoms with van der Waals surface area (Å²) in [6.45, 7) is 4.12. The van der Waals surface area contributed by atoms with Gasteiger partial charge >= 0.3 is 0 Å². The maximum atomic E-state index is 13.5. The number of furan rings is 1. The van der Waals surface area contributed by atoms with Crippen molar-refractivity contribution < 1.29 is 13.6 Å². The lowest BCUT2D eigenvalue weighted by Crippen LogP contribution is -2.30. The van der Waals surface area contributed by atoms with Crippen LogP contribution in [0.4, 0.5) is 9.52 Å². The molecule has 4 aromatic rings. The number of benzene rings is 2. The second-order valence-electron chi connectivity index (χ2n) is 5.71. The van der Waals surface area contributed by atoms with Crippen LogP contribution in [-0.2, 0) is 0 Å². The number of anilines is 1. The Bertz CT molecular complexity index is 1070. The van der Waals surface area contributed by atoms with Gasteiger partial charge in [-0.05, 0) is 44.2 Å². The monoisotopic (exact) mass is 354 g/mol. The van der Waals surface area contributed by atoms with E-state index < -0.39 is 0 Å². The molecule has 0 bridgehead atoms. The van der Waals surface area contributed by atoms with Crippen LogP contribution in [-0.4, -0.2) is 17.4 Å². The molecule has 0 atom stereocenters. The fourth-order valence-electron chi connectivity index (χ4n) is 2.86. The number of hydrogen-bond acceptors (Lipinski definition) is 4. The maximum Gasteiger partial charge on any atom is 0.296 e. The van der Waals surface area contributed by atoms with Gasteiger partial charge in [0, 0.05) is 17.5 Å². The first kappa shape index (κ1) is 15.8. The minimum atomic E-state index is -0.353. The molecule has 0 saturated heterocycles. The minimum Gasteiger partial charge on any atom is -0.451 e. The lowest BCUT2D eigenvalue weighted by Gasteiger charge is -2.16. The Balaban J connectivity index is 1.79. The molecule has 25 heavy (non-hydrogen) atoms. The first-order chi connectivity index (χ1) is 12.1. The summed E-state index contributed by atoms with van der Waals surface area (Å²) in [6.07, 6.45) is 0. The van der Waals surface area contributed by atoms with E-state index in [0.29, 0.717) is 28.2 Å². The van der Waals surface area contributed by atoms with Crippen molar-refractivity contribution in [2.75, 3.05) is 11.4 Å². The highest BCUT2D eigenvalue weighted by atomic mass is 32.1. The van der Waals surface area contributed by atoms with E-state index in [9.17, 15) is 9.18 Å². The molecule has 0 N–H and O–H groups in total. The Labute approximate surface area is 147 Å². The number of carbonyl (C=O) groups is 1. The molecule has 2 aromatic heterocycles. The summed E-state index contributed by atoms with van der Waals surface area (Å²) >= 11 is 1.46. The summed E-state index contributed by atoms with van der Waals surface area (Å²) in [5.74, 6) is -0.397. The molecule has 6 heteroatoms. The van der Waals surface area contributed by atoms with Crippen molar-refractivity contribution in [3.63, 3.8) is 0 Å². The highest BCUT2D eigenvalue weighted by molar-refractivity contribution is 7.22. The lowest BCUT2D eigenvalue weighted by molar-refractivity contribution is 0.0963. The molecule has 4 nitrogen and oxygen atoms in total. The summed E-state index contributed by atoms with van der Waals surface area (Å²) in [5, 5.41) is 1.24. The predicted octanol–water partition coefficient (Wildman–Crippen LogP) is 5.16. The molecular formula is C19H15FN2O2S. The van der Waals surface area contributed by atoms with E-state index in [1.165, 1.54) is 23.5 Å². The Hall–Kier alpha value is -2.73. The number of amides is 1. The summed E-state index contributed by atoms with van der Waals surface area (Å²) in [6, 6.07) is 12.0. The van der Waals surface area contributed by atoms with Crippen LogP contribution >= 0.6 is 11.3 Å². The van der Waals surface area contributed by atoms with E-state index in [2.05, 4.69) is 4.98 Å².